The second-order valence-corrected chi connectivity index (χ2v) is 4.38. The molecule has 0 radical (unpaired) electrons. The molecule has 0 saturated heterocycles. The summed E-state index contributed by atoms with van der Waals surface area (Å²) in [6, 6.07) is 11.1. The predicted molar refractivity (Wildman–Crippen MR) is 76.4 cm³/mol. The lowest BCUT2D eigenvalue weighted by Gasteiger charge is -2.10. The minimum absolute atomic E-state index is 0.141. The Morgan fingerprint density at radius 3 is 2.65 bits per heavy atom. The van der Waals surface area contributed by atoms with Gasteiger partial charge in [-0.05, 0) is 36.2 Å². The van der Waals surface area contributed by atoms with Crippen molar-refractivity contribution >= 4 is 17.3 Å². The molecule has 0 bridgehead atoms. The van der Waals surface area contributed by atoms with E-state index in [1.165, 1.54) is 18.2 Å². The van der Waals surface area contributed by atoms with Crippen LogP contribution in [0.4, 0.5) is 15.8 Å². The van der Waals surface area contributed by atoms with E-state index >= 15 is 0 Å². The van der Waals surface area contributed by atoms with Gasteiger partial charge in [0.15, 0.2) is 0 Å². The first-order valence-corrected chi connectivity index (χ1v) is 6.18. The third-order valence-electron chi connectivity index (χ3n) is 2.97. The van der Waals surface area contributed by atoms with Gasteiger partial charge in [-0.2, -0.15) is 0 Å². The Morgan fingerprint density at radius 1 is 1.25 bits per heavy atom. The summed E-state index contributed by atoms with van der Waals surface area (Å²) in [4.78, 5) is 10.8. The Balaban J connectivity index is 1.98. The third-order valence-corrected chi connectivity index (χ3v) is 2.97. The quantitative estimate of drug-likeness (QED) is 0.733. The summed E-state index contributed by atoms with van der Waals surface area (Å²) < 4.78 is 13.4. The van der Waals surface area contributed by atoms with Crippen molar-refractivity contribution in [3.63, 3.8) is 0 Å². The molecule has 0 aliphatic heterocycles. The van der Waals surface area contributed by atoms with Gasteiger partial charge in [-0.25, -0.2) is 9.18 Å². The Labute approximate surface area is 116 Å². The smallest absolute Gasteiger partial charge is 0.335 e. The SMILES string of the molecule is Nc1cc(C(=O)O)ccc1NCCc1ccccc1F. The number of nitrogen functional groups attached to an aromatic ring is 1. The van der Waals surface area contributed by atoms with Crippen molar-refractivity contribution in [1.29, 1.82) is 0 Å². The highest BCUT2D eigenvalue weighted by molar-refractivity contribution is 5.90. The van der Waals surface area contributed by atoms with Gasteiger partial charge in [-0.3, -0.25) is 0 Å². The molecule has 2 aromatic carbocycles. The molecule has 0 amide bonds. The topological polar surface area (TPSA) is 75.4 Å². The predicted octanol–water partition coefficient (Wildman–Crippen LogP) is 2.76. The lowest BCUT2D eigenvalue weighted by Crippen LogP contribution is -2.08. The van der Waals surface area contributed by atoms with E-state index in [1.807, 2.05) is 0 Å². The molecule has 0 heterocycles. The van der Waals surface area contributed by atoms with Crippen molar-refractivity contribution in [1.82, 2.24) is 0 Å². The van der Waals surface area contributed by atoms with Gasteiger partial charge in [-0.15, -0.1) is 0 Å². The van der Waals surface area contributed by atoms with E-state index in [0.29, 0.717) is 29.9 Å². The van der Waals surface area contributed by atoms with E-state index in [1.54, 1.807) is 24.3 Å². The van der Waals surface area contributed by atoms with Gasteiger partial charge in [0.25, 0.3) is 0 Å². The normalized spacial score (nSPS) is 10.2. The van der Waals surface area contributed by atoms with E-state index in [9.17, 15) is 9.18 Å². The van der Waals surface area contributed by atoms with Crippen molar-refractivity contribution in [2.75, 3.05) is 17.6 Å². The number of hydrogen-bond donors (Lipinski definition) is 3. The fourth-order valence-electron chi connectivity index (χ4n) is 1.89. The van der Waals surface area contributed by atoms with Gasteiger partial charge in [0, 0.05) is 6.54 Å². The number of carboxylic acid groups (broad SMARTS) is 1. The van der Waals surface area contributed by atoms with Crippen molar-refractivity contribution in [3.8, 4) is 0 Å². The molecule has 104 valence electrons. The molecule has 5 heteroatoms. The summed E-state index contributed by atoms with van der Waals surface area (Å²) in [5, 5.41) is 11.9. The maximum atomic E-state index is 13.4. The number of halogens is 1. The van der Waals surface area contributed by atoms with Crippen molar-refractivity contribution in [3.05, 3.63) is 59.4 Å². The Morgan fingerprint density at radius 2 is 2.00 bits per heavy atom. The van der Waals surface area contributed by atoms with Crippen molar-refractivity contribution in [2.45, 2.75) is 6.42 Å². The zero-order chi connectivity index (χ0) is 14.5. The minimum Gasteiger partial charge on any atom is -0.478 e. The fourth-order valence-corrected chi connectivity index (χ4v) is 1.89. The number of nitrogens with two attached hydrogens (primary N) is 1. The summed E-state index contributed by atoms with van der Waals surface area (Å²) in [7, 11) is 0. The van der Waals surface area contributed by atoms with Crippen LogP contribution in [0.5, 0.6) is 0 Å². The first-order valence-electron chi connectivity index (χ1n) is 6.18. The second-order valence-electron chi connectivity index (χ2n) is 4.38. The van der Waals surface area contributed by atoms with Crippen LogP contribution in [-0.2, 0) is 6.42 Å². The van der Waals surface area contributed by atoms with Crippen LogP contribution in [0.1, 0.15) is 15.9 Å². The molecule has 2 aromatic rings. The standard InChI is InChI=1S/C15H15FN2O2/c16-12-4-2-1-3-10(12)7-8-18-14-6-5-11(15(19)20)9-13(14)17/h1-6,9,18H,7-8,17H2,(H,19,20). The highest BCUT2D eigenvalue weighted by Crippen LogP contribution is 2.20. The highest BCUT2D eigenvalue weighted by Gasteiger charge is 2.06. The number of aromatic carboxylic acids is 1. The number of hydrogen-bond acceptors (Lipinski definition) is 3. The second kappa shape index (κ2) is 6.06. The third kappa shape index (κ3) is 3.26. The highest BCUT2D eigenvalue weighted by atomic mass is 19.1. The molecule has 0 atom stereocenters. The molecular weight excluding hydrogens is 259 g/mol. The van der Waals surface area contributed by atoms with Gasteiger partial charge in [0.05, 0.1) is 16.9 Å². The van der Waals surface area contributed by atoms with E-state index in [-0.39, 0.29) is 11.4 Å². The van der Waals surface area contributed by atoms with Gasteiger partial charge in [0.2, 0.25) is 0 Å². The number of carboxylic acids is 1. The van der Waals surface area contributed by atoms with Gasteiger partial charge >= 0.3 is 5.97 Å². The minimum atomic E-state index is -1.02. The zero-order valence-electron chi connectivity index (χ0n) is 10.8. The van der Waals surface area contributed by atoms with E-state index < -0.39 is 5.97 Å². The van der Waals surface area contributed by atoms with E-state index in [4.69, 9.17) is 10.8 Å². The summed E-state index contributed by atoms with van der Waals surface area (Å²) >= 11 is 0. The maximum Gasteiger partial charge on any atom is 0.335 e. The van der Waals surface area contributed by atoms with Gasteiger partial charge in [-0.1, -0.05) is 18.2 Å². The molecule has 20 heavy (non-hydrogen) atoms. The molecule has 4 nitrogen and oxygen atoms in total. The zero-order valence-corrected chi connectivity index (χ0v) is 10.8. The molecule has 0 saturated carbocycles. The first-order chi connectivity index (χ1) is 9.58. The molecule has 0 unspecified atom stereocenters. The van der Waals surface area contributed by atoms with Crippen molar-refractivity contribution < 1.29 is 14.3 Å². The number of rotatable bonds is 5. The molecule has 2 rings (SSSR count). The monoisotopic (exact) mass is 274 g/mol. The van der Waals surface area contributed by atoms with Crippen LogP contribution < -0.4 is 11.1 Å². The number of anilines is 2. The molecule has 4 N–H and O–H groups in total. The number of benzene rings is 2. The van der Waals surface area contributed by atoms with Crippen LogP contribution in [0, 0.1) is 5.82 Å². The average molecular weight is 274 g/mol. The van der Waals surface area contributed by atoms with E-state index in [2.05, 4.69) is 5.32 Å². The summed E-state index contributed by atoms with van der Waals surface area (Å²) in [5.74, 6) is -1.25. The Bertz CT molecular complexity index is 629. The average Bonchev–Trinajstić information content (AvgIpc) is 2.42. The van der Waals surface area contributed by atoms with Crippen LogP contribution in [0.2, 0.25) is 0 Å². The van der Waals surface area contributed by atoms with Crippen LogP contribution in [0.25, 0.3) is 0 Å². The number of nitrogens with one attached hydrogen (secondary N) is 1. The first kappa shape index (κ1) is 13.9. The molecule has 0 aliphatic rings. The summed E-state index contributed by atoms with van der Waals surface area (Å²) in [5.41, 5.74) is 7.54. The van der Waals surface area contributed by atoms with Crippen LogP contribution in [0.3, 0.4) is 0 Å². The molecular formula is C15H15FN2O2. The van der Waals surface area contributed by atoms with Gasteiger partial charge < -0.3 is 16.2 Å². The molecule has 0 aliphatic carbocycles. The summed E-state index contributed by atoms with van der Waals surface area (Å²) in [6.45, 7) is 0.511. The lowest BCUT2D eigenvalue weighted by molar-refractivity contribution is 0.0697. The molecule has 0 spiro atoms. The molecule has 0 aromatic heterocycles. The van der Waals surface area contributed by atoms with Crippen LogP contribution in [-0.4, -0.2) is 17.6 Å². The van der Waals surface area contributed by atoms with Crippen molar-refractivity contribution in [2.24, 2.45) is 0 Å². The lowest BCUT2D eigenvalue weighted by atomic mass is 10.1. The molecule has 0 fully saturated rings. The number of carbonyl (C=O) groups is 1. The maximum absolute atomic E-state index is 13.4. The Hall–Kier alpha value is -2.56. The largest absolute Gasteiger partial charge is 0.478 e. The fraction of sp³-hybridized carbons (Fsp3) is 0.133. The van der Waals surface area contributed by atoms with Crippen LogP contribution in [0.15, 0.2) is 42.5 Å². The van der Waals surface area contributed by atoms with Gasteiger partial charge in [0.1, 0.15) is 5.82 Å². The van der Waals surface area contributed by atoms with Crippen LogP contribution >= 0.6 is 0 Å². The Kier molecular flexibility index (Phi) is 4.20. The van der Waals surface area contributed by atoms with E-state index in [0.717, 1.165) is 0 Å². The summed E-state index contributed by atoms with van der Waals surface area (Å²) in [6.07, 6.45) is 0.521.